The van der Waals surface area contributed by atoms with E-state index in [2.05, 4.69) is 4.90 Å². The van der Waals surface area contributed by atoms with Crippen LogP contribution < -0.4 is 9.64 Å². The number of morpholine rings is 1. The fourth-order valence-electron chi connectivity index (χ4n) is 2.89. The summed E-state index contributed by atoms with van der Waals surface area (Å²) in [6.07, 6.45) is 0.106. The predicted octanol–water partition coefficient (Wildman–Crippen LogP) is 0.978. The van der Waals surface area contributed by atoms with Crippen LogP contribution in [0.3, 0.4) is 0 Å². The van der Waals surface area contributed by atoms with Crippen molar-refractivity contribution in [2.24, 2.45) is 0 Å². The van der Waals surface area contributed by atoms with Crippen molar-refractivity contribution in [3.05, 3.63) is 18.2 Å². The van der Waals surface area contributed by atoms with Crippen molar-refractivity contribution >= 4 is 5.69 Å². The lowest BCUT2D eigenvalue weighted by Crippen LogP contribution is -2.45. The first-order valence-electron chi connectivity index (χ1n) is 7.41. The highest BCUT2D eigenvalue weighted by Crippen LogP contribution is 2.39. The SMILES string of the molecule is CC1Oc2cc(O)ccc2N1CCC(O)N1CCOCC1. The van der Waals surface area contributed by atoms with Crippen molar-refractivity contribution in [2.75, 3.05) is 37.7 Å². The van der Waals surface area contributed by atoms with Gasteiger partial charge in [0, 0.05) is 32.1 Å². The summed E-state index contributed by atoms with van der Waals surface area (Å²) in [5.41, 5.74) is 0.967. The average molecular weight is 294 g/mol. The van der Waals surface area contributed by atoms with Gasteiger partial charge in [0.1, 0.15) is 17.7 Å². The van der Waals surface area contributed by atoms with E-state index in [1.54, 1.807) is 12.1 Å². The van der Waals surface area contributed by atoms with Gasteiger partial charge in [-0.15, -0.1) is 0 Å². The molecule has 2 heterocycles. The standard InChI is InChI=1S/C15H22N2O4/c1-11-17(13-3-2-12(18)10-14(13)21-11)5-4-15(19)16-6-8-20-9-7-16/h2-3,10-11,15,18-19H,4-9H2,1H3. The Morgan fingerprint density at radius 2 is 2.10 bits per heavy atom. The molecule has 0 amide bonds. The maximum Gasteiger partial charge on any atom is 0.169 e. The molecule has 0 radical (unpaired) electrons. The van der Waals surface area contributed by atoms with E-state index in [1.165, 1.54) is 0 Å². The van der Waals surface area contributed by atoms with Crippen LogP contribution in [0.4, 0.5) is 5.69 Å². The normalized spacial score (nSPS) is 23.7. The van der Waals surface area contributed by atoms with Crippen molar-refractivity contribution < 1.29 is 19.7 Å². The van der Waals surface area contributed by atoms with Crippen molar-refractivity contribution in [1.29, 1.82) is 0 Å². The van der Waals surface area contributed by atoms with Gasteiger partial charge >= 0.3 is 0 Å². The summed E-state index contributed by atoms with van der Waals surface area (Å²) in [5, 5.41) is 19.8. The van der Waals surface area contributed by atoms with E-state index >= 15 is 0 Å². The molecule has 2 aliphatic heterocycles. The van der Waals surface area contributed by atoms with Crippen LogP contribution in [0.5, 0.6) is 11.5 Å². The van der Waals surface area contributed by atoms with E-state index in [0.29, 0.717) is 31.9 Å². The molecule has 0 aliphatic carbocycles. The van der Waals surface area contributed by atoms with Crippen LogP contribution in [-0.4, -0.2) is 60.4 Å². The van der Waals surface area contributed by atoms with Gasteiger partial charge in [0.05, 0.1) is 18.9 Å². The molecule has 1 fully saturated rings. The Hall–Kier alpha value is -1.50. The second-order valence-corrected chi connectivity index (χ2v) is 5.48. The largest absolute Gasteiger partial charge is 0.508 e. The minimum atomic E-state index is -0.456. The van der Waals surface area contributed by atoms with Crippen LogP contribution in [0.15, 0.2) is 18.2 Å². The molecule has 0 spiro atoms. The molecule has 0 bridgehead atoms. The zero-order chi connectivity index (χ0) is 14.8. The first kappa shape index (κ1) is 14.4. The molecule has 2 unspecified atom stereocenters. The Morgan fingerprint density at radius 1 is 1.33 bits per heavy atom. The number of phenols is 1. The van der Waals surface area contributed by atoms with Gasteiger partial charge in [0.25, 0.3) is 0 Å². The quantitative estimate of drug-likeness (QED) is 0.863. The Labute approximate surface area is 124 Å². The van der Waals surface area contributed by atoms with Gasteiger partial charge in [0.15, 0.2) is 6.23 Å². The van der Waals surface area contributed by atoms with Crippen LogP contribution in [-0.2, 0) is 4.74 Å². The minimum absolute atomic E-state index is 0.0845. The molecule has 6 nitrogen and oxygen atoms in total. The average Bonchev–Trinajstić information content (AvgIpc) is 2.80. The highest BCUT2D eigenvalue weighted by Gasteiger charge is 2.28. The van der Waals surface area contributed by atoms with Gasteiger partial charge in [-0.05, 0) is 19.1 Å². The second-order valence-electron chi connectivity index (χ2n) is 5.48. The smallest absolute Gasteiger partial charge is 0.169 e. The number of phenolic OH excluding ortho intramolecular Hbond substituents is 1. The number of benzene rings is 1. The fraction of sp³-hybridized carbons (Fsp3) is 0.600. The lowest BCUT2D eigenvalue weighted by molar-refractivity contribution is -0.0607. The number of fused-ring (bicyclic) bond motifs is 1. The summed E-state index contributed by atoms with van der Waals surface area (Å²) in [6, 6.07) is 5.14. The van der Waals surface area contributed by atoms with Crippen LogP contribution >= 0.6 is 0 Å². The molecule has 3 rings (SSSR count). The number of ether oxygens (including phenoxy) is 2. The number of nitrogens with zero attached hydrogens (tertiary/aromatic N) is 2. The summed E-state index contributed by atoms with van der Waals surface area (Å²) in [7, 11) is 0. The molecule has 1 aromatic carbocycles. The Kier molecular flexibility index (Phi) is 4.19. The fourth-order valence-corrected chi connectivity index (χ4v) is 2.89. The number of aliphatic hydroxyl groups is 1. The van der Waals surface area contributed by atoms with Gasteiger partial charge < -0.3 is 24.6 Å². The monoisotopic (exact) mass is 294 g/mol. The van der Waals surface area contributed by atoms with E-state index in [4.69, 9.17) is 9.47 Å². The molecule has 0 aromatic heterocycles. The minimum Gasteiger partial charge on any atom is -0.508 e. The third-order valence-corrected chi connectivity index (χ3v) is 4.08. The summed E-state index contributed by atoms with van der Waals surface area (Å²) in [6.45, 7) is 5.59. The van der Waals surface area contributed by atoms with E-state index in [9.17, 15) is 10.2 Å². The molecule has 1 saturated heterocycles. The van der Waals surface area contributed by atoms with Gasteiger partial charge in [-0.1, -0.05) is 0 Å². The summed E-state index contributed by atoms with van der Waals surface area (Å²) >= 11 is 0. The van der Waals surface area contributed by atoms with Gasteiger partial charge in [-0.3, -0.25) is 4.90 Å². The number of aliphatic hydroxyl groups excluding tert-OH is 1. The molecule has 21 heavy (non-hydrogen) atoms. The zero-order valence-electron chi connectivity index (χ0n) is 12.2. The van der Waals surface area contributed by atoms with Gasteiger partial charge in [0.2, 0.25) is 0 Å². The van der Waals surface area contributed by atoms with Crippen LogP contribution in [0.2, 0.25) is 0 Å². The molecule has 6 heteroatoms. The van der Waals surface area contributed by atoms with Gasteiger partial charge in [-0.2, -0.15) is 0 Å². The van der Waals surface area contributed by atoms with E-state index < -0.39 is 6.23 Å². The number of rotatable bonds is 4. The third-order valence-electron chi connectivity index (χ3n) is 4.08. The highest BCUT2D eigenvalue weighted by molar-refractivity contribution is 5.64. The Morgan fingerprint density at radius 3 is 2.86 bits per heavy atom. The predicted molar refractivity (Wildman–Crippen MR) is 78.6 cm³/mol. The Bertz CT molecular complexity index is 491. The third kappa shape index (κ3) is 3.07. The summed E-state index contributed by atoms with van der Waals surface area (Å²) in [5.74, 6) is 0.902. The maximum absolute atomic E-state index is 10.3. The van der Waals surface area contributed by atoms with Crippen molar-refractivity contribution in [1.82, 2.24) is 4.90 Å². The molecular formula is C15H22N2O4. The van der Waals surface area contributed by atoms with Crippen LogP contribution in [0, 0.1) is 0 Å². The molecule has 1 aromatic rings. The van der Waals surface area contributed by atoms with Crippen molar-refractivity contribution in [3.8, 4) is 11.5 Å². The topological polar surface area (TPSA) is 65.4 Å². The molecular weight excluding hydrogens is 272 g/mol. The lowest BCUT2D eigenvalue weighted by Gasteiger charge is -2.32. The number of hydrogen-bond donors (Lipinski definition) is 2. The first-order chi connectivity index (χ1) is 10.1. The van der Waals surface area contributed by atoms with Crippen LogP contribution in [0.25, 0.3) is 0 Å². The maximum atomic E-state index is 10.3. The van der Waals surface area contributed by atoms with Crippen molar-refractivity contribution in [2.45, 2.75) is 25.8 Å². The summed E-state index contributed by atoms with van der Waals surface area (Å²) in [4.78, 5) is 4.15. The number of anilines is 1. The first-order valence-corrected chi connectivity index (χ1v) is 7.41. The second kappa shape index (κ2) is 6.09. The van der Waals surface area contributed by atoms with E-state index in [-0.39, 0.29) is 12.0 Å². The van der Waals surface area contributed by atoms with E-state index in [0.717, 1.165) is 18.8 Å². The van der Waals surface area contributed by atoms with Crippen LogP contribution in [0.1, 0.15) is 13.3 Å². The van der Waals surface area contributed by atoms with Crippen molar-refractivity contribution in [3.63, 3.8) is 0 Å². The molecule has 2 atom stereocenters. The lowest BCUT2D eigenvalue weighted by atomic mass is 10.2. The Balaban J connectivity index is 1.60. The number of aromatic hydroxyl groups is 1. The molecule has 0 saturated carbocycles. The summed E-state index contributed by atoms with van der Waals surface area (Å²) < 4.78 is 11.0. The highest BCUT2D eigenvalue weighted by atomic mass is 16.5. The zero-order valence-corrected chi connectivity index (χ0v) is 12.2. The number of hydrogen-bond acceptors (Lipinski definition) is 6. The molecule has 2 N–H and O–H groups in total. The molecule has 2 aliphatic rings. The molecule has 116 valence electrons. The van der Waals surface area contributed by atoms with E-state index in [1.807, 2.05) is 17.9 Å². The van der Waals surface area contributed by atoms with Gasteiger partial charge in [-0.25, -0.2) is 0 Å².